The third-order valence-electron chi connectivity index (χ3n) is 2.88. The fraction of sp³-hybridized carbons (Fsp3) is 0.0714. The number of benzene rings is 2. The van der Waals surface area contributed by atoms with Gasteiger partial charge in [-0.2, -0.15) is 0 Å². The van der Waals surface area contributed by atoms with Crippen molar-refractivity contribution in [2.45, 2.75) is 6.92 Å². The second-order valence-electron chi connectivity index (χ2n) is 4.31. The molecule has 2 rings (SSSR count). The lowest BCUT2D eigenvalue weighted by Gasteiger charge is -2.09. The quantitative estimate of drug-likeness (QED) is 0.668. The summed E-state index contributed by atoms with van der Waals surface area (Å²) >= 11 is 3.01. The molecule has 108 valence electrons. The van der Waals surface area contributed by atoms with E-state index in [-0.39, 0.29) is 15.7 Å². The molecule has 0 fully saturated rings. The number of amides is 1. The van der Waals surface area contributed by atoms with E-state index in [1.165, 1.54) is 36.4 Å². The highest BCUT2D eigenvalue weighted by Gasteiger charge is 2.15. The predicted octanol–water partition coefficient (Wildman–Crippen LogP) is 4.06. The summed E-state index contributed by atoms with van der Waals surface area (Å²) in [7, 11) is 0. The molecule has 21 heavy (non-hydrogen) atoms. The Balaban J connectivity index is 2.33. The molecule has 1 amide bonds. The molecule has 2 aromatic carbocycles. The van der Waals surface area contributed by atoms with Gasteiger partial charge in [-0.25, -0.2) is 4.39 Å². The summed E-state index contributed by atoms with van der Waals surface area (Å²) in [6, 6.07) is 8.24. The monoisotopic (exact) mass is 352 g/mol. The van der Waals surface area contributed by atoms with E-state index in [9.17, 15) is 19.3 Å². The van der Waals surface area contributed by atoms with E-state index in [1.54, 1.807) is 6.92 Å². The van der Waals surface area contributed by atoms with E-state index in [1.807, 2.05) is 0 Å². The maximum Gasteiger partial charge on any atom is 0.271 e. The average Bonchev–Trinajstić information content (AvgIpc) is 2.43. The Bertz CT molecular complexity index is 734. The third kappa shape index (κ3) is 3.25. The molecule has 0 atom stereocenters. The minimum Gasteiger partial charge on any atom is -0.321 e. The Labute approximate surface area is 128 Å². The summed E-state index contributed by atoms with van der Waals surface area (Å²) in [5.74, 6) is -1.11. The molecule has 0 radical (unpaired) electrons. The molecule has 5 nitrogen and oxygen atoms in total. The van der Waals surface area contributed by atoms with Crippen molar-refractivity contribution >= 4 is 33.2 Å². The largest absolute Gasteiger partial charge is 0.321 e. The SMILES string of the molecule is Cc1ccc([N+](=O)[O-])cc1NC(=O)c1cccc(F)c1Br. The van der Waals surface area contributed by atoms with Crippen LogP contribution in [0.2, 0.25) is 0 Å². The van der Waals surface area contributed by atoms with E-state index in [4.69, 9.17) is 0 Å². The van der Waals surface area contributed by atoms with Gasteiger partial charge in [0.2, 0.25) is 0 Å². The van der Waals surface area contributed by atoms with Crippen LogP contribution in [-0.4, -0.2) is 10.8 Å². The molecule has 0 spiro atoms. The predicted molar refractivity (Wildman–Crippen MR) is 79.9 cm³/mol. The van der Waals surface area contributed by atoms with Gasteiger partial charge in [0.15, 0.2) is 0 Å². The Morgan fingerprint density at radius 2 is 2.05 bits per heavy atom. The van der Waals surface area contributed by atoms with Crippen LogP contribution in [0.1, 0.15) is 15.9 Å². The van der Waals surface area contributed by atoms with Crippen molar-refractivity contribution in [2.24, 2.45) is 0 Å². The molecule has 0 saturated carbocycles. The Hall–Kier alpha value is -2.28. The molecule has 0 aliphatic heterocycles. The van der Waals surface area contributed by atoms with E-state index in [2.05, 4.69) is 21.2 Å². The molecule has 0 unspecified atom stereocenters. The molecule has 0 heterocycles. The van der Waals surface area contributed by atoms with Crippen molar-refractivity contribution in [1.82, 2.24) is 0 Å². The maximum atomic E-state index is 13.4. The van der Waals surface area contributed by atoms with Crippen LogP contribution in [0.3, 0.4) is 0 Å². The van der Waals surface area contributed by atoms with Crippen molar-refractivity contribution < 1.29 is 14.1 Å². The lowest BCUT2D eigenvalue weighted by atomic mass is 10.1. The standard InChI is InChI=1S/C14H10BrFN2O3/c1-8-5-6-9(18(20)21)7-12(8)17-14(19)10-3-2-4-11(16)13(10)15/h2-7H,1H3,(H,17,19). The number of aryl methyl sites for hydroxylation is 1. The number of hydrogen-bond donors (Lipinski definition) is 1. The minimum absolute atomic E-state index is 0.0468. The first-order valence-electron chi connectivity index (χ1n) is 5.90. The number of non-ortho nitro benzene ring substituents is 1. The molecule has 7 heteroatoms. The number of carbonyl (C=O) groups is 1. The second kappa shape index (κ2) is 6.01. The number of nitro groups is 1. The highest BCUT2D eigenvalue weighted by atomic mass is 79.9. The summed E-state index contributed by atoms with van der Waals surface area (Å²) in [5, 5.41) is 13.3. The summed E-state index contributed by atoms with van der Waals surface area (Å²) in [5.41, 5.74) is 0.960. The molecular formula is C14H10BrFN2O3. The number of nitrogens with zero attached hydrogens (tertiary/aromatic N) is 1. The van der Waals surface area contributed by atoms with Gasteiger partial charge in [-0.1, -0.05) is 12.1 Å². The minimum atomic E-state index is -0.557. The van der Waals surface area contributed by atoms with Crippen LogP contribution < -0.4 is 5.32 Å². The number of nitrogens with one attached hydrogen (secondary N) is 1. The molecule has 1 N–H and O–H groups in total. The van der Waals surface area contributed by atoms with Crippen molar-refractivity contribution in [3.63, 3.8) is 0 Å². The number of anilines is 1. The number of hydrogen-bond acceptors (Lipinski definition) is 3. The van der Waals surface area contributed by atoms with E-state index >= 15 is 0 Å². The van der Waals surface area contributed by atoms with Gasteiger partial charge in [0.05, 0.1) is 20.6 Å². The highest BCUT2D eigenvalue weighted by Crippen LogP contribution is 2.25. The van der Waals surface area contributed by atoms with E-state index < -0.39 is 16.6 Å². The lowest BCUT2D eigenvalue weighted by Crippen LogP contribution is -2.14. The van der Waals surface area contributed by atoms with Crippen LogP contribution in [0.5, 0.6) is 0 Å². The first-order valence-corrected chi connectivity index (χ1v) is 6.70. The van der Waals surface area contributed by atoms with Crippen molar-refractivity contribution in [1.29, 1.82) is 0 Å². The second-order valence-corrected chi connectivity index (χ2v) is 5.10. The third-order valence-corrected chi connectivity index (χ3v) is 3.68. The zero-order valence-corrected chi connectivity index (χ0v) is 12.5. The van der Waals surface area contributed by atoms with Gasteiger partial charge in [-0.3, -0.25) is 14.9 Å². The van der Waals surface area contributed by atoms with Crippen molar-refractivity contribution in [2.75, 3.05) is 5.32 Å². The van der Waals surface area contributed by atoms with Gasteiger partial charge in [-0.05, 0) is 40.5 Å². The van der Waals surface area contributed by atoms with Gasteiger partial charge in [0, 0.05) is 12.1 Å². The fourth-order valence-electron chi connectivity index (χ4n) is 1.73. The Kier molecular flexibility index (Phi) is 4.32. The molecule has 0 bridgehead atoms. The van der Waals surface area contributed by atoms with Crippen molar-refractivity contribution in [3.05, 3.63) is 67.9 Å². The van der Waals surface area contributed by atoms with Crippen LogP contribution in [0, 0.1) is 22.9 Å². The van der Waals surface area contributed by atoms with Gasteiger partial charge in [-0.15, -0.1) is 0 Å². The molecule has 2 aromatic rings. The van der Waals surface area contributed by atoms with Gasteiger partial charge < -0.3 is 5.32 Å². The normalized spacial score (nSPS) is 10.2. The average molecular weight is 353 g/mol. The summed E-state index contributed by atoms with van der Waals surface area (Å²) in [6.45, 7) is 1.71. The summed E-state index contributed by atoms with van der Waals surface area (Å²) < 4.78 is 13.5. The topological polar surface area (TPSA) is 72.2 Å². The van der Waals surface area contributed by atoms with Crippen LogP contribution >= 0.6 is 15.9 Å². The number of rotatable bonds is 3. The Morgan fingerprint density at radius 1 is 1.33 bits per heavy atom. The molecule has 0 aliphatic rings. The number of nitro benzene ring substituents is 1. The summed E-state index contributed by atoms with van der Waals surface area (Å²) in [4.78, 5) is 22.3. The van der Waals surface area contributed by atoms with Crippen molar-refractivity contribution in [3.8, 4) is 0 Å². The molecule has 0 aliphatic carbocycles. The first kappa shape index (κ1) is 15.1. The molecule has 0 saturated heterocycles. The lowest BCUT2D eigenvalue weighted by molar-refractivity contribution is -0.384. The molecular weight excluding hydrogens is 343 g/mol. The molecule has 0 aromatic heterocycles. The maximum absolute atomic E-state index is 13.4. The number of halogens is 2. The van der Waals surface area contributed by atoms with Gasteiger partial charge in [0.1, 0.15) is 5.82 Å². The van der Waals surface area contributed by atoms with Crippen LogP contribution in [-0.2, 0) is 0 Å². The highest BCUT2D eigenvalue weighted by molar-refractivity contribution is 9.10. The Morgan fingerprint density at radius 3 is 2.71 bits per heavy atom. The number of carbonyl (C=O) groups excluding carboxylic acids is 1. The van der Waals surface area contributed by atoms with Crippen LogP contribution in [0.4, 0.5) is 15.8 Å². The zero-order valence-electron chi connectivity index (χ0n) is 10.9. The smallest absolute Gasteiger partial charge is 0.271 e. The summed E-state index contributed by atoms with van der Waals surface area (Å²) in [6.07, 6.45) is 0. The van der Waals surface area contributed by atoms with Gasteiger partial charge in [0.25, 0.3) is 11.6 Å². The van der Waals surface area contributed by atoms with Crippen LogP contribution in [0.15, 0.2) is 40.9 Å². The van der Waals surface area contributed by atoms with Gasteiger partial charge >= 0.3 is 0 Å². The first-order chi connectivity index (χ1) is 9.90. The zero-order chi connectivity index (χ0) is 15.6. The van der Waals surface area contributed by atoms with E-state index in [0.29, 0.717) is 11.3 Å². The van der Waals surface area contributed by atoms with Crippen LogP contribution in [0.25, 0.3) is 0 Å². The van der Waals surface area contributed by atoms with E-state index in [0.717, 1.165) is 0 Å². The fourth-order valence-corrected chi connectivity index (χ4v) is 2.17.